The van der Waals surface area contributed by atoms with E-state index in [0.29, 0.717) is 6.04 Å². The van der Waals surface area contributed by atoms with Crippen LogP contribution in [-0.2, 0) is 13.1 Å². The summed E-state index contributed by atoms with van der Waals surface area (Å²) in [6.45, 7) is 5.13. The first kappa shape index (κ1) is 16.7. The van der Waals surface area contributed by atoms with Gasteiger partial charge in [-0.25, -0.2) is 4.63 Å². The number of hydrogen-bond donors (Lipinski definition) is 1. The SMILES string of the molecule is OCCC1CN(Cc2ccc3nonc3c2)CCN1Cc1cccs1. The lowest BCUT2D eigenvalue weighted by Crippen LogP contribution is -2.52. The van der Waals surface area contributed by atoms with Gasteiger partial charge in [0.25, 0.3) is 0 Å². The topological polar surface area (TPSA) is 65.6 Å². The van der Waals surface area contributed by atoms with Crippen molar-refractivity contribution in [3.63, 3.8) is 0 Å². The second kappa shape index (κ2) is 7.61. The molecule has 1 atom stereocenters. The van der Waals surface area contributed by atoms with Crippen molar-refractivity contribution in [3.05, 3.63) is 46.2 Å². The molecule has 1 unspecified atom stereocenters. The highest BCUT2D eigenvalue weighted by molar-refractivity contribution is 7.09. The van der Waals surface area contributed by atoms with E-state index in [4.69, 9.17) is 4.63 Å². The van der Waals surface area contributed by atoms with E-state index in [0.717, 1.165) is 50.2 Å². The van der Waals surface area contributed by atoms with Crippen molar-refractivity contribution in [1.29, 1.82) is 0 Å². The summed E-state index contributed by atoms with van der Waals surface area (Å²) in [5, 5.41) is 19.4. The van der Waals surface area contributed by atoms with Gasteiger partial charge in [-0.05, 0) is 45.9 Å². The molecular formula is C18H22N4O2S. The Kier molecular flexibility index (Phi) is 5.07. The van der Waals surface area contributed by atoms with Gasteiger partial charge in [-0.15, -0.1) is 11.3 Å². The van der Waals surface area contributed by atoms with E-state index in [1.54, 1.807) is 11.3 Å². The number of nitrogens with zero attached hydrogens (tertiary/aromatic N) is 4. The third-order valence-electron chi connectivity index (χ3n) is 4.81. The number of benzene rings is 1. The van der Waals surface area contributed by atoms with Crippen LogP contribution in [0.2, 0.25) is 0 Å². The van der Waals surface area contributed by atoms with Crippen LogP contribution in [0.1, 0.15) is 16.9 Å². The molecule has 0 bridgehead atoms. The lowest BCUT2D eigenvalue weighted by molar-refractivity contribution is 0.0507. The van der Waals surface area contributed by atoms with Crippen LogP contribution < -0.4 is 0 Å². The number of fused-ring (bicyclic) bond motifs is 1. The summed E-state index contributed by atoms with van der Waals surface area (Å²) < 4.78 is 4.78. The fourth-order valence-electron chi connectivity index (χ4n) is 3.52. The van der Waals surface area contributed by atoms with Gasteiger partial charge in [0.1, 0.15) is 11.0 Å². The third kappa shape index (κ3) is 3.90. The van der Waals surface area contributed by atoms with Crippen LogP contribution in [0.15, 0.2) is 40.3 Å². The summed E-state index contributed by atoms with van der Waals surface area (Å²) in [6.07, 6.45) is 0.814. The zero-order valence-corrected chi connectivity index (χ0v) is 14.9. The minimum Gasteiger partial charge on any atom is -0.396 e. The second-order valence-corrected chi connectivity index (χ2v) is 7.57. The minimum absolute atomic E-state index is 0.232. The van der Waals surface area contributed by atoms with Gasteiger partial charge in [0.2, 0.25) is 0 Å². The predicted octanol–water partition coefficient (Wildman–Crippen LogP) is 2.35. The Balaban J connectivity index is 1.41. The molecular weight excluding hydrogens is 336 g/mol. The van der Waals surface area contributed by atoms with Crippen LogP contribution in [-0.4, -0.2) is 57.5 Å². The van der Waals surface area contributed by atoms with E-state index < -0.39 is 0 Å². The molecule has 3 heterocycles. The first-order valence-corrected chi connectivity index (χ1v) is 9.50. The van der Waals surface area contributed by atoms with Crippen molar-refractivity contribution in [1.82, 2.24) is 20.1 Å². The Labute approximate surface area is 150 Å². The van der Waals surface area contributed by atoms with Crippen LogP contribution in [0.4, 0.5) is 0 Å². The molecule has 1 saturated heterocycles. The van der Waals surface area contributed by atoms with Crippen LogP contribution in [0, 0.1) is 0 Å². The molecule has 1 aliphatic heterocycles. The number of piperazine rings is 1. The maximum Gasteiger partial charge on any atom is 0.135 e. The standard InChI is InChI=1S/C18H22N4O2S/c23-8-5-15-12-21(6-7-22(15)13-16-2-1-9-25-16)11-14-3-4-17-18(10-14)20-24-19-17/h1-4,9-10,15,23H,5-8,11-13H2. The fourth-order valence-corrected chi connectivity index (χ4v) is 4.25. The van der Waals surface area contributed by atoms with Crippen LogP contribution in [0.3, 0.4) is 0 Å². The van der Waals surface area contributed by atoms with Crippen LogP contribution in [0.25, 0.3) is 11.0 Å². The van der Waals surface area contributed by atoms with Crippen molar-refractivity contribution in [3.8, 4) is 0 Å². The zero-order chi connectivity index (χ0) is 17.1. The van der Waals surface area contributed by atoms with E-state index in [9.17, 15) is 5.11 Å². The van der Waals surface area contributed by atoms with Gasteiger partial charge >= 0.3 is 0 Å². The Morgan fingerprint density at radius 3 is 2.92 bits per heavy atom. The zero-order valence-electron chi connectivity index (χ0n) is 14.0. The van der Waals surface area contributed by atoms with E-state index in [1.807, 2.05) is 12.1 Å². The number of aromatic nitrogens is 2. The highest BCUT2D eigenvalue weighted by Gasteiger charge is 2.26. The van der Waals surface area contributed by atoms with E-state index >= 15 is 0 Å². The fraction of sp³-hybridized carbons (Fsp3) is 0.444. The first-order valence-electron chi connectivity index (χ1n) is 8.62. The Morgan fingerprint density at radius 2 is 2.08 bits per heavy atom. The summed E-state index contributed by atoms with van der Waals surface area (Å²) in [5.41, 5.74) is 2.82. The minimum atomic E-state index is 0.232. The number of aliphatic hydroxyl groups is 1. The number of rotatable bonds is 6. The molecule has 0 saturated carbocycles. The summed E-state index contributed by atoms with van der Waals surface area (Å²) >= 11 is 1.80. The van der Waals surface area contributed by atoms with Gasteiger partial charge in [-0.3, -0.25) is 9.80 Å². The summed E-state index contributed by atoms with van der Waals surface area (Å²) in [6, 6.07) is 10.8. The van der Waals surface area contributed by atoms with Crippen molar-refractivity contribution in [2.45, 2.75) is 25.6 Å². The van der Waals surface area contributed by atoms with Crippen molar-refractivity contribution < 1.29 is 9.74 Å². The molecule has 3 aromatic rings. The summed E-state index contributed by atoms with van der Waals surface area (Å²) in [5.74, 6) is 0. The third-order valence-corrected chi connectivity index (χ3v) is 5.68. The predicted molar refractivity (Wildman–Crippen MR) is 97.3 cm³/mol. The molecule has 25 heavy (non-hydrogen) atoms. The molecule has 0 spiro atoms. The number of aliphatic hydroxyl groups excluding tert-OH is 1. The normalized spacial score (nSPS) is 19.6. The quantitative estimate of drug-likeness (QED) is 0.730. The maximum absolute atomic E-state index is 9.46. The molecule has 1 aromatic carbocycles. The highest BCUT2D eigenvalue weighted by atomic mass is 32.1. The van der Waals surface area contributed by atoms with E-state index in [1.165, 1.54) is 10.4 Å². The molecule has 1 N–H and O–H groups in total. The molecule has 132 valence electrons. The van der Waals surface area contributed by atoms with Gasteiger partial charge in [0, 0.05) is 50.2 Å². The smallest absolute Gasteiger partial charge is 0.135 e. The molecule has 0 amide bonds. The van der Waals surface area contributed by atoms with E-state index in [2.05, 4.69) is 43.7 Å². The monoisotopic (exact) mass is 358 g/mol. The second-order valence-electron chi connectivity index (χ2n) is 6.54. The molecule has 0 aliphatic carbocycles. The van der Waals surface area contributed by atoms with Gasteiger partial charge in [-0.1, -0.05) is 12.1 Å². The number of hydrogen-bond acceptors (Lipinski definition) is 7. The highest BCUT2D eigenvalue weighted by Crippen LogP contribution is 2.21. The van der Waals surface area contributed by atoms with Crippen molar-refractivity contribution >= 4 is 22.4 Å². The molecule has 1 fully saturated rings. The summed E-state index contributed by atoms with van der Waals surface area (Å²) in [4.78, 5) is 6.35. The van der Waals surface area contributed by atoms with Gasteiger partial charge < -0.3 is 5.11 Å². The average Bonchev–Trinajstić information content (AvgIpc) is 3.28. The molecule has 7 heteroatoms. The molecule has 1 aliphatic rings. The molecule has 0 radical (unpaired) electrons. The maximum atomic E-state index is 9.46. The van der Waals surface area contributed by atoms with Crippen LogP contribution in [0.5, 0.6) is 0 Å². The Bertz CT molecular complexity index is 804. The number of thiophene rings is 1. The Morgan fingerprint density at radius 1 is 1.16 bits per heavy atom. The van der Waals surface area contributed by atoms with Gasteiger partial charge in [0.15, 0.2) is 0 Å². The van der Waals surface area contributed by atoms with Gasteiger partial charge in [0.05, 0.1) is 0 Å². The molecule has 4 rings (SSSR count). The van der Waals surface area contributed by atoms with Crippen LogP contribution >= 0.6 is 11.3 Å². The first-order chi connectivity index (χ1) is 12.3. The van der Waals surface area contributed by atoms with Crippen molar-refractivity contribution in [2.24, 2.45) is 0 Å². The van der Waals surface area contributed by atoms with Gasteiger partial charge in [-0.2, -0.15) is 0 Å². The van der Waals surface area contributed by atoms with Crippen molar-refractivity contribution in [2.75, 3.05) is 26.2 Å². The van der Waals surface area contributed by atoms with E-state index in [-0.39, 0.29) is 6.61 Å². The molecule has 2 aromatic heterocycles. The summed E-state index contributed by atoms with van der Waals surface area (Å²) in [7, 11) is 0. The lowest BCUT2D eigenvalue weighted by Gasteiger charge is -2.41. The Hall–Kier alpha value is -1.80. The largest absolute Gasteiger partial charge is 0.396 e. The lowest BCUT2D eigenvalue weighted by atomic mass is 10.1. The average molecular weight is 358 g/mol. The molecule has 6 nitrogen and oxygen atoms in total.